The quantitative estimate of drug-likeness (QED) is 0.803. The summed E-state index contributed by atoms with van der Waals surface area (Å²) in [5.74, 6) is 1.25. The summed E-state index contributed by atoms with van der Waals surface area (Å²) in [6.45, 7) is 6.72. The molecule has 0 aliphatic rings. The minimum absolute atomic E-state index is 0.0836. The lowest BCUT2D eigenvalue weighted by molar-refractivity contribution is 0.227. The van der Waals surface area contributed by atoms with Crippen molar-refractivity contribution in [2.45, 2.75) is 26.9 Å². The van der Waals surface area contributed by atoms with E-state index in [-0.39, 0.29) is 5.69 Å². The standard InChI is InChI=1S/C11H17N5O2/c1-3-15(8-10-13-9(2)14-18-10)6-7-16-5-4-12-11(16)17/h4-5H,3,6-8H2,1-2H3,(H,12,17). The molecule has 0 aliphatic heterocycles. The molecule has 98 valence electrons. The second-order valence-corrected chi connectivity index (χ2v) is 4.06. The number of aryl methyl sites for hydroxylation is 1. The van der Waals surface area contributed by atoms with E-state index in [2.05, 4.69) is 26.9 Å². The Morgan fingerprint density at radius 1 is 1.56 bits per heavy atom. The maximum atomic E-state index is 11.3. The van der Waals surface area contributed by atoms with E-state index < -0.39 is 0 Å². The van der Waals surface area contributed by atoms with E-state index in [4.69, 9.17) is 4.52 Å². The largest absolute Gasteiger partial charge is 0.338 e. The third kappa shape index (κ3) is 3.07. The maximum Gasteiger partial charge on any atom is 0.325 e. The molecule has 7 heteroatoms. The van der Waals surface area contributed by atoms with Crippen molar-refractivity contribution in [1.82, 2.24) is 24.6 Å². The summed E-state index contributed by atoms with van der Waals surface area (Å²) in [6.07, 6.45) is 3.38. The fourth-order valence-electron chi connectivity index (χ4n) is 1.72. The lowest BCUT2D eigenvalue weighted by atomic mass is 10.4. The van der Waals surface area contributed by atoms with Crippen LogP contribution in [0.5, 0.6) is 0 Å². The highest BCUT2D eigenvalue weighted by Crippen LogP contribution is 2.02. The lowest BCUT2D eigenvalue weighted by Crippen LogP contribution is -2.29. The van der Waals surface area contributed by atoms with Crippen LogP contribution in [-0.4, -0.2) is 37.7 Å². The summed E-state index contributed by atoms with van der Waals surface area (Å²) in [7, 11) is 0. The van der Waals surface area contributed by atoms with Crippen LogP contribution >= 0.6 is 0 Å². The number of hydrogen-bond donors (Lipinski definition) is 1. The molecule has 0 unspecified atom stereocenters. The molecule has 2 aromatic heterocycles. The van der Waals surface area contributed by atoms with E-state index in [0.717, 1.165) is 13.1 Å². The first kappa shape index (κ1) is 12.6. The fraction of sp³-hybridized carbons (Fsp3) is 0.545. The minimum Gasteiger partial charge on any atom is -0.338 e. The molecule has 0 amide bonds. The van der Waals surface area contributed by atoms with E-state index in [0.29, 0.717) is 24.8 Å². The van der Waals surface area contributed by atoms with Crippen LogP contribution in [0.25, 0.3) is 0 Å². The highest BCUT2D eigenvalue weighted by atomic mass is 16.5. The molecule has 0 radical (unpaired) electrons. The van der Waals surface area contributed by atoms with Crippen molar-refractivity contribution >= 4 is 0 Å². The molecule has 0 bridgehead atoms. The van der Waals surface area contributed by atoms with E-state index in [1.54, 1.807) is 23.9 Å². The van der Waals surface area contributed by atoms with Crippen LogP contribution in [0, 0.1) is 6.92 Å². The molecule has 2 aromatic rings. The van der Waals surface area contributed by atoms with Crippen LogP contribution in [0.3, 0.4) is 0 Å². The highest BCUT2D eigenvalue weighted by Gasteiger charge is 2.09. The van der Waals surface area contributed by atoms with Crippen molar-refractivity contribution in [3.8, 4) is 0 Å². The molecule has 1 N–H and O–H groups in total. The van der Waals surface area contributed by atoms with Crippen molar-refractivity contribution in [2.24, 2.45) is 0 Å². The van der Waals surface area contributed by atoms with Gasteiger partial charge in [-0.2, -0.15) is 4.98 Å². The number of nitrogens with one attached hydrogen (secondary N) is 1. The third-order valence-electron chi connectivity index (χ3n) is 2.75. The second-order valence-electron chi connectivity index (χ2n) is 4.06. The Balaban J connectivity index is 1.90. The maximum absolute atomic E-state index is 11.3. The first-order valence-electron chi connectivity index (χ1n) is 5.94. The minimum atomic E-state index is -0.0836. The van der Waals surface area contributed by atoms with Crippen LogP contribution in [0.15, 0.2) is 21.7 Å². The van der Waals surface area contributed by atoms with Crippen molar-refractivity contribution in [3.05, 3.63) is 34.6 Å². The molecule has 7 nitrogen and oxygen atoms in total. The molecule has 18 heavy (non-hydrogen) atoms. The molecule has 0 aromatic carbocycles. The number of likely N-dealkylation sites (N-methyl/N-ethyl adjacent to an activating group) is 1. The topological polar surface area (TPSA) is 80.0 Å². The van der Waals surface area contributed by atoms with Crippen LogP contribution in [0.1, 0.15) is 18.6 Å². The van der Waals surface area contributed by atoms with Crippen LogP contribution in [0.2, 0.25) is 0 Å². The Morgan fingerprint density at radius 3 is 2.94 bits per heavy atom. The van der Waals surface area contributed by atoms with E-state index in [9.17, 15) is 4.79 Å². The lowest BCUT2D eigenvalue weighted by Gasteiger charge is -2.17. The molecule has 0 saturated carbocycles. The number of imidazole rings is 1. The second kappa shape index (κ2) is 5.63. The zero-order valence-corrected chi connectivity index (χ0v) is 10.6. The Labute approximate surface area is 104 Å². The van der Waals surface area contributed by atoms with Gasteiger partial charge in [-0.15, -0.1) is 0 Å². The molecule has 2 rings (SSSR count). The predicted molar refractivity (Wildman–Crippen MR) is 65.0 cm³/mol. The molecule has 0 saturated heterocycles. The van der Waals surface area contributed by atoms with Crippen molar-refractivity contribution < 1.29 is 4.52 Å². The summed E-state index contributed by atoms with van der Waals surface area (Å²) in [5, 5.41) is 3.76. The molecule has 2 heterocycles. The van der Waals surface area contributed by atoms with Gasteiger partial charge in [0.05, 0.1) is 6.54 Å². The van der Waals surface area contributed by atoms with Gasteiger partial charge in [0.1, 0.15) is 0 Å². The molecular weight excluding hydrogens is 234 g/mol. The van der Waals surface area contributed by atoms with E-state index >= 15 is 0 Å². The van der Waals surface area contributed by atoms with E-state index in [1.165, 1.54) is 0 Å². The Morgan fingerprint density at radius 2 is 2.39 bits per heavy atom. The predicted octanol–water partition coefficient (Wildman–Crippen LogP) is 0.390. The van der Waals surface area contributed by atoms with Crippen LogP contribution in [0.4, 0.5) is 0 Å². The first-order chi connectivity index (χ1) is 8.69. The van der Waals surface area contributed by atoms with Crippen LogP contribution < -0.4 is 5.69 Å². The molecule has 0 atom stereocenters. The monoisotopic (exact) mass is 251 g/mol. The third-order valence-corrected chi connectivity index (χ3v) is 2.75. The Hall–Kier alpha value is -1.89. The van der Waals surface area contributed by atoms with Gasteiger partial charge in [-0.25, -0.2) is 4.79 Å². The van der Waals surface area contributed by atoms with E-state index in [1.807, 2.05) is 0 Å². The average molecular weight is 251 g/mol. The van der Waals surface area contributed by atoms with Crippen LogP contribution in [-0.2, 0) is 13.1 Å². The van der Waals surface area contributed by atoms with Gasteiger partial charge in [0.15, 0.2) is 5.82 Å². The van der Waals surface area contributed by atoms with Crippen molar-refractivity contribution in [2.75, 3.05) is 13.1 Å². The number of nitrogens with zero attached hydrogens (tertiary/aromatic N) is 4. The number of rotatable bonds is 6. The number of hydrogen-bond acceptors (Lipinski definition) is 5. The molecule has 0 aliphatic carbocycles. The fourth-order valence-corrected chi connectivity index (χ4v) is 1.72. The molecule has 0 spiro atoms. The van der Waals surface area contributed by atoms with Gasteiger partial charge in [-0.1, -0.05) is 12.1 Å². The zero-order chi connectivity index (χ0) is 13.0. The summed E-state index contributed by atoms with van der Waals surface area (Å²) in [6, 6.07) is 0. The normalized spacial score (nSPS) is 11.3. The highest BCUT2D eigenvalue weighted by molar-refractivity contribution is 4.83. The summed E-state index contributed by atoms with van der Waals surface area (Å²) in [4.78, 5) is 20.3. The average Bonchev–Trinajstić information content (AvgIpc) is 2.94. The van der Waals surface area contributed by atoms with Gasteiger partial charge in [-0.05, 0) is 13.5 Å². The summed E-state index contributed by atoms with van der Waals surface area (Å²) in [5.41, 5.74) is -0.0836. The molecular formula is C11H17N5O2. The SMILES string of the molecule is CCN(CCn1cc[nH]c1=O)Cc1nc(C)no1. The Kier molecular flexibility index (Phi) is 3.93. The zero-order valence-electron chi connectivity index (χ0n) is 10.6. The summed E-state index contributed by atoms with van der Waals surface area (Å²) >= 11 is 0. The van der Waals surface area contributed by atoms with Crippen molar-refractivity contribution in [3.63, 3.8) is 0 Å². The van der Waals surface area contributed by atoms with Gasteiger partial charge in [0.25, 0.3) is 0 Å². The first-order valence-corrected chi connectivity index (χ1v) is 5.94. The van der Waals surface area contributed by atoms with Gasteiger partial charge < -0.3 is 9.51 Å². The Bertz CT molecular complexity index is 541. The van der Waals surface area contributed by atoms with Gasteiger partial charge >= 0.3 is 5.69 Å². The van der Waals surface area contributed by atoms with Crippen molar-refractivity contribution in [1.29, 1.82) is 0 Å². The summed E-state index contributed by atoms with van der Waals surface area (Å²) < 4.78 is 6.72. The van der Waals surface area contributed by atoms with Gasteiger partial charge in [0, 0.05) is 25.5 Å². The number of aromatic amines is 1. The smallest absolute Gasteiger partial charge is 0.325 e. The number of H-pyrrole nitrogens is 1. The van der Waals surface area contributed by atoms with Gasteiger partial charge in [-0.3, -0.25) is 9.47 Å². The molecule has 0 fully saturated rings. The number of aromatic nitrogens is 4. The van der Waals surface area contributed by atoms with Gasteiger partial charge in [0.2, 0.25) is 5.89 Å².